The first kappa shape index (κ1) is 13.5. The third kappa shape index (κ3) is 2.57. The maximum Gasteiger partial charge on any atom is 0.245 e. The van der Waals surface area contributed by atoms with Crippen molar-refractivity contribution < 1.29 is 9.59 Å². The normalized spacial score (nSPS) is 23.8. The van der Waals surface area contributed by atoms with Crippen molar-refractivity contribution in [2.75, 3.05) is 13.1 Å². The van der Waals surface area contributed by atoms with Crippen LogP contribution in [0.25, 0.3) is 0 Å². The molecule has 2 aliphatic rings. The Labute approximate surface area is 122 Å². The molecule has 1 unspecified atom stereocenters. The highest BCUT2D eigenvalue weighted by molar-refractivity contribution is 7.09. The number of hydrogen-bond acceptors (Lipinski definition) is 4. The Balaban J connectivity index is 1.78. The quantitative estimate of drug-likeness (QED) is 0.831. The van der Waals surface area contributed by atoms with Gasteiger partial charge in [0.15, 0.2) is 0 Å². The number of carbonyl (C=O) groups is 2. The number of hydrogen-bond donors (Lipinski definition) is 0. The summed E-state index contributed by atoms with van der Waals surface area (Å²) in [6.45, 7) is 3.74. The van der Waals surface area contributed by atoms with Gasteiger partial charge in [-0.1, -0.05) is 0 Å². The maximum absolute atomic E-state index is 12.6. The molecule has 108 valence electrons. The fourth-order valence-electron chi connectivity index (χ4n) is 2.98. The number of fused-ring (bicyclic) bond motifs is 1. The lowest BCUT2D eigenvalue weighted by atomic mass is 10.0. The summed E-state index contributed by atoms with van der Waals surface area (Å²) in [5, 5.41) is 2.95. The van der Waals surface area contributed by atoms with E-state index in [4.69, 9.17) is 0 Å². The average molecular weight is 293 g/mol. The smallest absolute Gasteiger partial charge is 0.245 e. The van der Waals surface area contributed by atoms with Crippen LogP contribution >= 0.6 is 11.3 Å². The summed E-state index contributed by atoms with van der Waals surface area (Å²) in [4.78, 5) is 32.8. The molecule has 0 bridgehead atoms. The predicted molar refractivity (Wildman–Crippen MR) is 76.2 cm³/mol. The van der Waals surface area contributed by atoms with E-state index in [1.165, 1.54) is 0 Å². The minimum absolute atomic E-state index is 0.100. The highest BCUT2D eigenvalue weighted by atomic mass is 32.1. The van der Waals surface area contributed by atoms with E-state index >= 15 is 0 Å². The summed E-state index contributed by atoms with van der Waals surface area (Å²) in [5.74, 6) is 0.226. The van der Waals surface area contributed by atoms with E-state index in [1.54, 1.807) is 16.2 Å². The molecule has 0 spiro atoms. The van der Waals surface area contributed by atoms with Crippen molar-refractivity contribution in [1.82, 2.24) is 14.8 Å². The van der Waals surface area contributed by atoms with Gasteiger partial charge in [-0.05, 0) is 26.2 Å². The summed E-state index contributed by atoms with van der Waals surface area (Å²) in [6, 6.07) is -0.236. The molecular formula is C14H19N3O2S. The fourth-order valence-corrected chi connectivity index (χ4v) is 3.76. The molecule has 0 aliphatic carbocycles. The molecule has 0 radical (unpaired) electrons. The van der Waals surface area contributed by atoms with E-state index in [0.29, 0.717) is 19.5 Å². The van der Waals surface area contributed by atoms with Gasteiger partial charge < -0.3 is 9.80 Å². The molecular weight excluding hydrogens is 274 g/mol. The van der Waals surface area contributed by atoms with E-state index in [1.807, 2.05) is 17.2 Å². The zero-order valence-corrected chi connectivity index (χ0v) is 12.5. The third-order valence-corrected chi connectivity index (χ3v) is 4.96. The highest BCUT2D eigenvalue weighted by Gasteiger charge is 2.37. The molecule has 6 heteroatoms. The number of amides is 2. The van der Waals surface area contributed by atoms with E-state index in [2.05, 4.69) is 4.98 Å². The Hall–Kier alpha value is -1.43. The lowest BCUT2D eigenvalue weighted by Gasteiger charge is -2.34. The number of rotatable bonds is 2. The number of thiazole rings is 1. The Morgan fingerprint density at radius 3 is 2.95 bits per heavy atom. The second-order valence-corrected chi connectivity index (χ2v) is 6.43. The Kier molecular flexibility index (Phi) is 3.74. The van der Waals surface area contributed by atoms with Gasteiger partial charge in [0.25, 0.3) is 0 Å². The van der Waals surface area contributed by atoms with Gasteiger partial charge in [-0.3, -0.25) is 9.59 Å². The van der Waals surface area contributed by atoms with Gasteiger partial charge in [0, 0.05) is 30.6 Å². The lowest BCUT2D eigenvalue weighted by molar-refractivity contribution is -0.143. The zero-order chi connectivity index (χ0) is 14.1. The van der Waals surface area contributed by atoms with Crippen LogP contribution in [-0.4, -0.2) is 45.7 Å². The SMILES string of the molecule is Cc1csc(CN2CCC(=O)N3CCCCC3C2=O)n1. The summed E-state index contributed by atoms with van der Waals surface area (Å²) in [5.41, 5.74) is 0.989. The second kappa shape index (κ2) is 5.52. The van der Waals surface area contributed by atoms with Crippen molar-refractivity contribution in [1.29, 1.82) is 0 Å². The van der Waals surface area contributed by atoms with Crippen molar-refractivity contribution in [2.45, 2.75) is 45.2 Å². The van der Waals surface area contributed by atoms with Gasteiger partial charge in [0.2, 0.25) is 11.8 Å². The van der Waals surface area contributed by atoms with Crippen LogP contribution in [0.15, 0.2) is 5.38 Å². The first-order valence-corrected chi connectivity index (χ1v) is 8.02. The molecule has 3 heterocycles. The first-order chi connectivity index (χ1) is 9.65. The standard InChI is InChI=1S/C14H19N3O2S/c1-10-9-20-12(15-10)8-16-7-5-13(18)17-6-3-2-4-11(17)14(16)19/h9,11H,2-8H2,1H3. The minimum atomic E-state index is -0.236. The molecule has 20 heavy (non-hydrogen) atoms. The highest BCUT2D eigenvalue weighted by Crippen LogP contribution is 2.24. The number of aromatic nitrogens is 1. The van der Waals surface area contributed by atoms with Crippen LogP contribution in [-0.2, 0) is 16.1 Å². The minimum Gasteiger partial charge on any atom is -0.334 e. The molecule has 5 nitrogen and oxygen atoms in total. The lowest BCUT2D eigenvalue weighted by Crippen LogP contribution is -2.49. The predicted octanol–water partition coefficient (Wildman–Crippen LogP) is 1.56. The third-order valence-electron chi connectivity index (χ3n) is 4.01. The molecule has 3 rings (SSSR count). The zero-order valence-electron chi connectivity index (χ0n) is 11.7. The van der Waals surface area contributed by atoms with Crippen LogP contribution in [0.2, 0.25) is 0 Å². The van der Waals surface area contributed by atoms with Crippen LogP contribution < -0.4 is 0 Å². The van der Waals surface area contributed by atoms with Crippen molar-refractivity contribution in [3.05, 3.63) is 16.1 Å². The second-order valence-electron chi connectivity index (χ2n) is 5.49. The Morgan fingerprint density at radius 1 is 1.35 bits per heavy atom. The molecule has 2 saturated heterocycles. The first-order valence-electron chi connectivity index (χ1n) is 7.14. The number of carbonyl (C=O) groups excluding carboxylic acids is 2. The average Bonchev–Trinajstić information content (AvgIpc) is 2.82. The molecule has 2 amide bonds. The molecule has 0 saturated carbocycles. The summed E-state index contributed by atoms with van der Waals surface area (Å²) in [7, 11) is 0. The van der Waals surface area contributed by atoms with E-state index in [-0.39, 0.29) is 17.9 Å². The van der Waals surface area contributed by atoms with Crippen LogP contribution in [0, 0.1) is 6.92 Å². The van der Waals surface area contributed by atoms with Crippen LogP contribution in [0.4, 0.5) is 0 Å². The topological polar surface area (TPSA) is 53.5 Å². The Morgan fingerprint density at radius 2 is 2.20 bits per heavy atom. The van der Waals surface area contributed by atoms with Gasteiger partial charge in [-0.15, -0.1) is 11.3 Å². The molecule has 2 fully saturated rings. The van der Waals surface area contributed by atoms with Crippen LogP contribution in [0.3, 0.4) is 0 Å². The summed E-state index contributed by atoms with van der Waals surface area (Å²) >= 11 is 1.58. The summed E-state index contributed by atoms with van der Waals surface area (Å²) < 4.78 is 0. The molecule has 0 N–H and O–H groups in total. The molecule has 1 atom stereocenters. The molecule has 0 aromatic carbocycles. The maximum atomic E-state index is 12.6. The van der Waals surface area contributed by atoms with E-state index < -0.39 is 0 Å². The van der Waals surface area contributed by atoms with Gasteiger partial charge in [0.05, 0.1) is 6.54 Å². The summed E-state index contributed by atoms with van der Waals surface area (Å²) in [6.07, 6.45) is 3.29. The van der Waals surface area contributed by atoms with Gasteiger partial charge in [-0.2, -0.15) is 0 Å². The van der Waals surface area contributed by atoms with Crippen molar-refractivity contribution in [3.8, 4) is 0 Å². The van der Waals surface area contributed by atoms with Gasteiger partial charge in [0.1, 0.15) is 11.0 Å². The van der Waals surface area contributed by atoms with Gasteiger partial charge >= 0.3 is 0 Å². The Bertz CT molecular complexity index is 528. The monoisotopic (exact) mass is 293 g/mol. The van der Waals surface area contributed by atoms with Crippen LogP contribution in [0.1, 0.15) is 36.4 Å². The van der Waals surface area contributed by atoms with Crippen LogP contribution in [0.5, 0.6) is 0 Å². The van der Waals surface area contributed by atoms with E-state index in [0.717, 1.165) is 36.5 Å². The number of aryl methyl sites for hydroxylation is 1. The molecule has 1 aromatic rings. The molecule has 1 aromatic heterocycles. The number of piperidine rings is 1. The largest absolute Gasteiger partial charge is 0.334 e. The van der Waals surface area contributed by atoms with E-state index in [9.17, 15) is 9.59 Å². The van der Waals surface area contributed by atoms with Gasteiger partial charge in [-0.25, -0.2) is 4.98 Å². The van der Waals surface area contributed by atoms with Crippen molar-refractivity contribution in [3.63, 3.8) is 0 Å². The van der Waals surface area contributed by atoms with Crippen molar-refractivity contribution >= 4 is 23.2 Å². The number of nitrogens with zero attached hydrogens (tertiary/aromatic N) is 3. The molecule has 2 aliphatic heterocycles. The van der Waals surface area contributed by atoms with Crippen molar-refractivity contribution in [2.24, 2.45) is 0 Å². The fraction of sp³-hybridized carbons (Fsp3) is 0.643.